The van der Waals surface area contributed by atoms with E-state index >= 15 is 0 Å². The van der Waals surface area contributed by atoms with E-state index in [1.54, 1.807) is 4.31 Å². The van der Waals surface area contributed by atoms with E-state index in [0.717, 1.165) is 26.1 Å². The molecule has 2 fully saturated rings. The number of sulfonamides is 1. The Morgan fingerprint density at radius 3 is 2.39 bits per heavy atom. The van der Waals surface area contributed by atoms with Crippen LogP contribution in [-0.2, 0) is 10.0 Å². The van der Waals surface area contributed by atoms with E-state index in [4.69, 9.17) is 5.73 Å². The van der Waals surface area contributed by atoms with Crippen molar-refractivity contribution < 1.29 is 8.42 Å². The maximum Gasteiger partial charge on any atom is 0.211 e. The molecule has 2 rings (SSSR count). The molecule has 6 heteroatoms. The number of piperazine rings is 1. The van der Waals surface area contributed by atoms with Crippen LogP contribution in [0.15, 0.2) is 0 Å². The van der Waals surface area contributed by atoms with Gasteiger partial charge in [-0.15, -0.1) is 0 Å². The largest absolute Gasteiger partial charge is 0.328 e. The topological polar surface area (TPSA) is 66.6 Å². The van der Waals surface area contributed by atoms with Crippen LogP contribution in [0.1, 0.15) is 25.7 Å². The van der Waals surface area contributed by atoms with Crippen molar-refractivity contribution in [3.05, 3.63) is 0 Å². The SMILES string of the molecule is CS(=O)(=O)N1CCN(CC2CCCC(N)C2)CC1. The molecule has 106 valence electrons. The summed E-state index contributed by atoms with van der Waals surface area (Å²) in [6.45, 7) is 4.08. The third kappa shape index (κ3) is 3.91. The maximum absolute atomic E-state index is 11.4. The molecule has 0 spiro atoms. The Morgan fingerprint density at radius 2 is 1.83 bits per heavy atom. The molecule has 5 nitrogen and oxygen atoms in total. The molecule has 1 heterocycles. The van der Waals surface area contributed by atoms with Crippen molar-refractivity contribution in [2.45, 2.75) is 31.7 Å². The van der Waals surface area contributed by atoms with Gasteiger partial charge in [0.25, 0.3) is 0 Å². The molecule has 0 radical (unpaired) electrons. The molecule has 2 N–H and O–H groups in total. The monoisotopic (exact) mass is 275 g/mol. The summed E-state index contributed by atoms with van der Waals surface area (Å²) in [5.41, 5.74) is 6.00. The van der Waals surface area contributed by atoms with E-state index < -0.39 is 10.0 Å². The molecule has 0 bridgehead atoms. The minimum absolute atomic E-state index is 0.376. The third-order valence-corrected chi connectivity index (χ3v) is 5.44. The van der Waals surface area contributed by atoms with Crippen molar-refractivity contribution in [2.75, 3.05) is 39.0 Å². The highest BCUT2D eigenvalue weighted by Crippen LogP contribution is 2.24. The minimum atomic E-state index is -3.00. The zero-order chi connectivity index (χ0) is 13.2. The third-order valence-electron chi connectivity index (χ3n) is 4.14. The number of hydrogen-bond acceptors (Lipinski definition) is 4. The molecule has 0 aromatic heterocycles. The smallest absolute Gasteiger partial charge is 0.211 e. The molecular weight excluding hydrogens is 250 g/mol. The molecule has 1 saturated carbocycles. The fourth-order valence-electron chi connectivity index (χ4n) is 3.11. The van der Waals surface area contributed by atoms with Crippen molar-refractivity contribution in [2.24, 2.45) is 11.7 Å². The number of hydrogen-bond donors (Lipinski definition) is 1. The van der Waals surface area contributed by atoms with E-state index in [2.05, 4.69) is 4.90 Å². The van der Waals surface area contributed by atoms with Gasteiger partial charge in [0.2, 0.25) is 10.0 Å². The lowest BCUT2D eigenvalue weighted by Crippen LogP contribution is -2.49. The van der Waals surface area contributed by atoms with Gasteiger partial charge in [-0.05, 0) is 25.2 Å². The molecule has 1 aliphatic heterocycles. The van der Waals surface area contributed by atoms with Crippen molar-refractivity contribution in [1.29, 1.82) is 0 Å². The summed E-state index contributed by atoms with van der Waals surface area (Å²) >= 11 is 0. The summed E-state index contributed by atoms with van der Waals surface area (Å²) in [5.74, 6) is 0.707. The Kier molecular flexibility index (Phi) is 4.64. The fraction of sp³-hybridized carbons (Fsp3) is 1.00. The van der Waals surface area contributed by atoms with E-state index in [-0.39, 0.29) is 0 Å². The second-order valence-electron chi connectivity index (χ2n) is 5.76. The van der Waals surface area contributed by atoms with Gasteiger partial charge in [0.1, 0.15) is 0 Å². The number of nitrogens with zero attached hydrogens (tertiary/aromatic N) is 2. The lowest BCUT2D eigenvalue weighted by molar-refractivity contribution is 0.146. The summed E-state index contributed by atoms with van der Waals surface area (Å²) in [6.07, 6.45) is 6.11. The molecule has 0 aromatic carbocycles. The molecule has 1 aliphatic carbocycles. The Bertz CT molecular complexity index is 364. The summed E-state index contributed by atoms with van der Waals surface area (Å²) in [5, 5.41) is 0. The summed E-state index contributed by atoms with van der Waals surface area (Å²) < 4.78 is 24.4. The quantitative estimate of drug-likeness (QED) is 0.792. The van der Waals surface area contributed by atoms with Crippen LogP contribution in [0.25, 0.3) is 0 Å². The van der Waals surface area contributed by atoms with Crippen LogP contribution in [0.3, 0.4) is 0 Å². The van der Waals surface area contributed by atoms with Crippen LogP contribution >= 0.6 is 0 Å². The van der Waals surface area contributed by atoms with Crippen LogP contribution < -0.4 is 5.73 Å². The summed E-state index contributed by atoms with van der Waals surface area (Å²) in [4.78, 5) is 2.39. The van der Waals surface area contributed by atoms with Gasteiger partial charge in [-0.25, -0.2) is 8.42 Å². The fourth-order valence-corrected chi connectivity index (χ4v) is 3.93. The Labute approximate surface area is 110 Å². The molecule has 2 aliphatic rings. The van der Waals surface area contributed by atoms with Crippen molar-refractivity contribution in [3.63, 3.8) is 0 Å². The van der Waals surface area contributed by atoms with Gasteiger partial charge in [0.05, 0.1) is 6.26 Å². The molecule has 0 aromatic rings. The summed E-state index contributed by atoms with van der Waals surface area (Å²) in [7, 11) is -3.00. The predicted molar refractivity (Wildman–Crippen MR) is 72.8 cm³/mol. The van der Waals surface area contributed by atoms with Gasteiger partial charge >= 0.3 is 0 Å². The van der Waals surface area contributed by atoms with Crippen molar-refractivity contribution in [3.8, 4) is 0 Å². The van der Waals surface area contributed by atoms with Gasteiger partial charge in [0.15, 0.2) is 0 Å². The van der Waals surface area contributed by atoms with Crippen LogP contribution in [0.5, 0.6) is 0 Å². The first-order chi connectivity index (χ1) is 8.45. The first-order valence-electron chi connectivity index (χ1n) is 6.88. The molecule has 0 amide bonds. The normalized spacial score (nSPS) is 32.6. The predicted octanol–water partition coefficient (Wildman–Crippen LogP) is 0.0811. The Morgan fingerprint density at radius 1 is 1.17 bits per heavy atom. The second-order valence-corrected chi connectivity index (χ2v) is 7.74. The Hall–Kier alpha value is -0.170. The van der Waals surface area contributed by atoms with E-state index in [0.29, 0.717) is 25.0 Å². The molecule has 2 unspecified atom stereocenters. The van der Waals surface area contributed by atoms with Crippen LogP contribution in [-0.4, -0.2) is 62.6 Å². The van der Waals surface area contributed by atoms with Gasteiger partial charge < -0.3 is 10.6 Å². The standard InChI is InChI=1S/C12H25N3O2S/c1-18(16,17)15-7-5-14(6-8-15)10-11-3-2-4-12(13)9-11/h11-12H,2-10,13H2,1H3. The van der Waals surface area contributed by atoms with E-state index in [9.17, 15) is 8.42 Å². The highest BCUT2D eigenvalue weighted by Gasteiger charge is 2.26. The first kappa shape index (κ1) is 14.2. The lowest BCUT2D eigenvalue weighted by atomic mass is 9.86. The van der Waals surface area contributed by atoms with Crippen LogP contribution in [0.2, 0.25) is 0 Å². The van der Waals surface area contributed by atoms with E-state index in [1.807, 2.05) is 0 Å². The van der Waals surface area contributed by atoms with Gasteiger partial charge in [-0.2, -0.15) is 4.31 Å². The number of rotatable bonds is 3. The molecule has 2 atom stereocenters. The van der Waals surface area contributed by atoms with E-state index in [1.165, 1.54) is 25.5 Å². The van der Waals surface area contributed by atoms with Crippen molar-refractivity contribution in [1.82, 2.24) is 9.21 Å². The zero-order valence-electron chi connectivity index (χ0n) is 11.2. The number of nitrogens with two attached hydrogens (primary N) is 1. The minimum Gasteiger partial charge on any atom is -0.328 e. The molecular formula is C12H25N3O2S. The molecule has 18 heavy (non-hydrogen) atoms. The highest BCUT2D eigenvalue weighted by molar-refractivity contribution is 7.88. The average Bonchev–Trinajstić information content (AvgIpc) is 2.28. The van der Waals surface area contributed by atoms with Gasteiger partial charge in [-0.1, -0.05) is 6.42 Å². The second kappa shape index (κ2) is 5.86. The highest BCUT2D eigenvalue weighted by atomic mass is 32.2. The molecule has 1 saturated heterocycles. The zero-order valence-corrected chi connectivity index (χ0v) is 12.0. The van der Waals surface area contributed by atoms with Crippen LogP contribution in [0.4, 0.5) is 0 Å². The van der Waals surface area contributed by atoms with Crippen molar-refractivity contribution >= 4 is 10.0 Å². The first-order valence-corrected chi connectivity index (χ1v) is 8.73. The van der Waals surface area contributed by atoms with Crippen LogP contribution in [0, 0.1) is 5.92 Å². The Balaban J connectivity index is 1.76. The lowest BCUT2D eigenvalue weighted by Gasteiger charge is -2.37. The maximum atomic E-state index is 11.4. The van der Waals surface area contributed by atoms with Gasteiger partial charge in [-0.3, -0.25) is 0 Å². The van der Waals surface area contributed by atoms with Gasteiger partial charge in [0, 0.05) is 38.8 Å². The average molecular weight is 275 g/mol. The summed E-state index contributed by atoms with van der Waals surface area (Å²) in [6, 6.07) is 0.376.